The van der Waals surface area contributed by atoms with Gasteiger partial charge in [-0.2, -0.15) is 13.2 Å². The first-order chi connectivity index (χ1) is 34.2. The molecule has 3 aromatic rings. The van der Waals surface area contributed by atoms with E-state index in [1.807, 2.05) is 83.1 Å². The predicted molar refractivity (Wildman–Crippen MR) is 280 cm³/mol. The smallest absolute Gasteiger partial charge is 0.452 e. The van der Waals surface area contributed by atoms with E-state index in [2.05, 4.69) is 15.4 Å². The molecule has 0 unspecified atom stereocenters. The highest BCUT2D eigenvalue weighted by Crippen LogP contribution is 2.44. The van der Waals surface area contributed by atoms with Gasteiger partial charge in [-0.25, -0.2) is 17.9 Å². The molecule has 75 heavy (non-hydrogen) atoms. The number of hydrogen-bond donors (Lipinski definition) is 4. The molecule has 18 heteroatoms. The number of ketones is 1. The van der Waals surface area contributed by atoms with Crippen LogP contribution in [0.15, 0.2) is 53.4 Å². The number of phenols is 1. The number of hydrogen-bond acceptors (Lipinski definition) is 10. The van der Waals surface area contributed by atoms with Crippen LogP contribution in [0.25, 0.3) is 0 Å². The van der Waals surface area contributed by atoms with Gasteiger partial charge in [0, 0.05) is 39.4 Å². The maximum Gasteiger partial charge on any atom is 0.452 e. The monoisotopic (exact) mass is 1070 g/mol. The van der Waals surface area contributed by atoms with E-state index in [0.29, 0.717) is 35.1 Å². The van der Waals surface area contributed by atoms with E-state index in [1.165, 1.54) is 43.0 Å². The van der Waals surface area contributed by atoms with Gasteiger partial charge in [-0.05, 0) is 107 Å². The van der Waals surface area contributed by atoms with E-state index in [9.17, 15) is 55.5 Å². The molecule has 412 valence electrons. The number of carbonyl (C=O) groups excluding carboxylic acids is 6. The van der Waals surface area contributed by atoms with Crippen LogP contribution in [0.3, 0.4) is 0 Å². The highest BCUT2D eigenvalue weighted by molar-refractivity contribution is 7.90. The van der Waals surface area contributed by atoms with Gasteiger partial charge in [-0.3, -0.25) is 24.0 Å². The lowest BCUT2D eigenvalue weighted by Crippen LogP contribution is -2.59. The van der Waals surface area contributed by atoms with E-state index in [1.54, 1.807) is 26.0 Å². The van der Waals surface area contributed by atoms with Crippen molar-refractivity contribution in [2.75, 3.05) is 0 Å². The molecular formula is C57H77F3N4O10S. The van der Waals surface area contributed by atoms with Crippen molar-refractivity contribution >= 4 is 45.4 Å². The highest BCUT2D eigenvalue weighted by Gasteiger charge is 2.51. The quantitative estimate of drug-likeness (QED) is 0.0942. The fourth-order valence-corrected chi connectivity index (χ4v) is 10.9. The number of esters is 1. The number of nitrogens with zero attached hydrogens (tertiary/aromatic N) is 1. The Balaban J connectivity index is 1.40. The molecule has 0 spiro atoms. The summed E-state index contributed by atoms with van der Waals surface area (Å²) in [6.45, 7) is 28.9. The molecule has 14 nitrogen and oxygen atoms in total. The predicted octanol–water partition coefficient (Wildman–Crippen LogP) is 10.1. The van der Waals surface area contributed by atoms with Crippen LogP contribution in [0.1, 0.15) is 196 Å². The third-order valence-corrected chi connectivity index (χ3v) is 15.5. The zero-order valence-electron chi connectivity index (χ0n) is 46.3. The summed E-state index contributed by atoms with van der Waals surface area (Å²) >= 11 is 0. The first-order valence-corrected chi connectivity index (χ1v) is 27.2. The van der Waals surface area contributed by atoms with Gasteiger partial charge in [0.2, 0.25) is 11.8 Å². The second kappa shape index (κ2) is 21.7. The first kappa shape index (κ1) is 60.1. The largest absolute Gasteiger partial charge is 0.507 e. The Hall–Kier alpha value is -5.78. The van der Waals surface area contributed by atoms with Gasteiger partial charge in [0.1, 0.15) is 23.6 Å². The van der Waals surface area contributed by atoms with Crippen molar-refractivity contribution in [2.45, 2.75) is 200 Å². The number of phenolic OH excluding ortho intramolecular Hbond substituents is 1. The van der Waals surface area contributed by atoms with Gasteiger partial charge < -0.3 is 25.4 Å². The summed E-state index contributed by atoms with van der Waals surface area (Å²) in [5, 5.41) is 16.3. The summed E-state index contributed by atoms with van der Waals surface area (Å²) in [5.41, 5.74) is -0.373. The van der Waals surface area contributed by atoms with Crippen molar-refractivity contribution in [2.24, 2.45) is 17.8 Å². The maximum atomic E-state index is 14.5. The van der Waals surface area contributed by atoms with Gasteiger partial charge >= 0.3 is 12.1 Å². The molecule has 0 bridgehead atoms. The number of aromatic hydroxyl groups is 1. The lowest BCUT2D eigenvalue weighted by molar-refractivity contribution is -0.175. The van der Waals surface area contributed by atoms with E-state index < -0.39 is 109 Å². The number of fused-ring (bicyclic) bond motifs is 1. The normalized spacial score (nSPS) is 18.5. The zero-order chi connectivity index (χ0) is 56.9. The molecule has 1 aliphatic carbocycles. The molecule has 4 amide bonds. The molecule has 0 radical (unpaired) electrons. The van der Waals surface area contributed by atoms with Gasteiger partial charge in [0.05, 0.1) is 16.5 Å². The lowest BCUT2D eigenvalue weighted by atomic mass is 9.78. The van der Waals surface area contributed by atoms with Crippen molar-refractivity contribution in [1.29, 1.82) is 0 Å². The Kier molecular flexibility index (Phi) is 17.4. The van der Waals surface area contributed by atoms with Gasteiger partial charge in [-0.15, -0.1) is 0 Å². The third kappa shape index (κ3) is 13.6. The van der Waals surface area contributed by atoms with Crippen LogP contribution in [0.4, 0.5) is 13.2 Å². The molecule has 3 aromatic carbocycles. The second-order valence-electron chi connectivity index (χ2n) is 25.1. The summed E-state index contributed by atoms with van der Waals surface area (Å²) in [5.74, 6) is -7.28. The van der Waals surface area contributed by atoms with Crippen LogP contribution in [-0.4, -0.2) is 84.1 Å². The summed E-state index contributed by atoms with van der Waals surface area (Å²) in [7, 11) is -4.58. The number of sulfonamides is 1. The van der Waals surface area contributed by atoms with Crippen LogP contribution < -0.4 is 20.1 Å². The van der Waals surface area contributed by atoms with Gasteiger partial charge in [0.25, 0.3) is 27.6 Å². The van der Waals surface area contributed by atoms with Crippen molar-refractivity contribution in [1.82, 2.24) is 20.3 Å². The average Bonchev–Trinajstić information content (AvgIpc) is 3.67. The van der Waals surface area contributed by atoms with E-state index >= 15 is 0 Å². The molecule has 2 fully saturated rings. The van der Waals surface area contributed by atoms with Crippen molar-refractivity contribution in [3.8, 4) is 11.5 Å². The second-order valence-corrected chi connectivity index (χ2v) is 26.7. The van der Waals surface area contributed by atoms with Crippen LogP contribution in [0, 0.1) is 17.8 Å². The van der Waals surface area contributed by atoms with Gasteiger partial charge in [0.15, 0.2) is 0 Å². The molecule has 5 rings (SSSR count). The molecule has 1 saturated heterocycles. The third-order valence-electron chi connectivity index (χ3n) is 14.2. The number of ether oxygens (including phenoxy) is 1. The van der Waals surface area contributed by atoms with Crippen LogP contribution in [0.2, 0.25) is 0 Å². The Morgan fingerprint density at radius 2 is 1.11 bits per heavy atom. The number of Topliss-reactive ketones (excluding diaryl/α,β-unsaturated/α-hetero) is 1. The molecule has 2 aliphatic rings. The van der Waals surface area contributed by atoms with Crippen LogP contribution in [-0.2, 0) is 46.1 Å². The Morgan fingerprint density at radius 1 is 0.640 bits per heavy atom. The minimum Gasteiger partial charge on any atom is -0.507 e. The lowest BCUT2D eigenvalue weighted by Gasteiger charge is -2.37. The Bertz CT molecular complexity index is 2740. The minimum absolute atomic E-state index is 0.0323. The van der Waals surface area contributed by atoms with Crippen molar-refractivity contribution < 1.29 is 60.2 Å². The molecular weight excluding hydrogens is 990 g/mol. The molecule has 1 aliphatic heterocycles. The zero-order valence-corrected chi connectivity index (χ0v) is 47.1. The summed E-state index contributed by atoms with van der Waals surface area (Å²) in [4.78, 5) is 83.9. The number of rotatable bonds is 13. The number of alkyl halides is 3. The molecule has 5 atom stereocenters. The number of nitrogens with one attached hydrogen (secondary N) is 3. The number of likely N-dealkylation sites (tertiary alicyclic amines) is 1. The molecule has 4 N–H and O–H groups in total. The number of benzene rings is 3. The standard InChI is InChI=1S/C57H77F3N4O10S/c1-30(2)43(47(66)57(58,59)60)61-50(69)42-29-33-19-17-18-20-41(33)64(42)51(70)44(31(3)4)62-48(67)32-21-23-36(24-22-32)75(72,73)63-49(68)34-25-39(55(11,12)13)46(40(26-34)56(14,15)16)74-52(71)35-27-37(53(5,6)7)45(65)38(28-35)54(8,9)10/h21-28,30-31,33,41-44,65H,17-20,29H2,1-16H3,(H,61,69)(H,62,67)(H,63,68)/t33-,41-,42-,43-,44-/m0/s1. The Labute approximate surface area is 440 Å². The number of amides is 4. The molecule has 1 heterocycles. The maximum absolute atomic E-state index is 14.5. The van der Waals surface area contributed by atoms with Crippen molar-refractivity contribution in [3.63, 3.8) is 0 Å². The summed E-state index contributed by atoms with van der Waals surface area (Å²) in [6.07, 6.45) is -2.22. The number of halogens is 3. The van der Waals surface area contributed by atoms with E-state index in [-0.39, 0.29) is 45.4 Å². The minimum atomic E-state index is -5.20. The molecule has 1 saturated carbocycles. The highest BCUT2D eigenvalue weighted by atomic mass is 32.2. The summed E-state index contributed by atoms with van der Waals surface area (Å²) in [6, 6.07) is 6.21. The van der Waals surface area contributed by atoms with E-state index in [0.717, 1.165) is 25.0 Å². The SMILES string of the molecule is CC(C)[C@H](NC(=O)c1ccc(S(=O)(=O)NC(=O)c2cc(C(C)(C)C)c(OC(=O)c3cc(C(C)(C)C)c(O)c(C(C)(C)C)c3)c(C(C)(C)C)c2)cc1)C(=O)N1[C@H](C(=O)N[C@H](C(=O)C(F)(F)F)C(C)C)C[C@@H]2CCCC[C@@H]21. The Morgan fingerprint density at radius 3 is 1.56 bits per heavy atom. The topological polar surface area (TPSA) is 205 Å². The van der Waals surface area contributed by atoms with Crippen LogP contribution >= 0.6 is 0 Å². The molecule has 0 aromatic heterocycles. The summed E-state index contributed by atoms with van der Waals surface area (Å²) < 4.78 is 76.8. The number of carbonyl (C=O) groups is 6. The fraction of sp³-hybridized carbons (Fsp3) is 0.579. The van der Waals surface area contributed by atoms with E-state index in [4.69, 9.17) is 4.74 Å². The fourth-order valence-electron chi connectivity index (χ4n) is 9.93. The van der Waals surface area contributed by atoms with Crippen molar-refractivity contribution in [3.05, 3.63) is 87.5 Å². The average molecular weight is 1070 g/mol. The first-order valence-electron chi connectivity index (χ1n) is 25.7. The van der Waals surface area contributed by atoms with Gasteiger partial charge in [-0.1, -0.05) is 124 Å². The van der Waals surface area contributed by atoms with Crippen LogP contribution in [0.5, 0.6) is 11.5 Å².